The summed E-state index contributed by atoms with van der Waals surface area (Å²) in [6.07, 6.45) is 9.57. The highest BCUT2D eigenvalue weighted by Gasteiger charge is 2.41. The fourth-order valence-electron chi connectivity index (χ4n) is 4.49. The standard InChI is InChI=1S/C20H25ClN4O/c21-16-7-4-6-15(12-16)13-20(9-2-1-3-10-20)19(26)24-17-8-5-11-25-18(17)22-14-23-25/h4,6-7,12,14,17H,1-3,5,8-11,13H2,(H,24,26). The predicted octanol–water partition coefficient (Wildman–Crippen LogP) is 4.08. The summed E-state index contributed by atoms with van der Waals surface area (Å²) < 4.78 is 1.92. The molecule has 26 heavy (non-hydrogen) atoms. The quantitative estimate of drug-likeness (QED) is 0.879. The van der Waals surface area contributed by atoms with E-state index < -0.39 is 0 Å². The predicted molar refractivity (Wildman–Crippen MR) is 101 cm³/mol. The van der Waals surface area contributed by atoms with Gasteiger partial charge in [0.05, 0.1) is 11.5 Å². The number of nitrogens with one attached hydrogen (secondary N) is 1. The van der Waals surface area contributed by atoms with Crippen molar-refractivity contribution < 1.29 is 4.79 Å². The molecule has 0 saturated heterocycles. The molecule has 0 bridgehead atoms. The number of hydrogen-bond donors (Lipinski definition) is 1. The average Bonchev–Trinajstić information content (AvgIpc) is 3.12. The summed E-state index contributed by atoms with van der Waals surface area (Å²) >= 11 is 6.17. The Morgan fingerprint density at radius 2 is 2.12 bits per heavy atom. The minimum absolute atomic E-state index is 0.0306. The van der Waals surface area contributed by atoms with Crippen LogP contribution in [0.3, 0.4) is 0 Å². The molecule has 4 rings (SSSR count). The van der Waals surface area contributed by atoms with Crippen LogP contribution in [-0.4, -0.2) is 20.7 Å². The molecule has 1 aliphatic heterocycles. The van der Waals surface area contributed by atoms with Gasteiger partial charge in [0, 0.05) is 11.6 Å². The molecule has 1 aliphatic carbocycles. The first-order chi connectivity index (χ1) is 12.7. The van der Waals surface area contributed by atoms with Crippen LogP contribution < -0.4 is 5.32 Å². The highest BCUT2D eigenvalue weighted by Crippen LogP contribution is 2.40. The number of halogens is 1. The van der Waals surface area contributed by atoms with Crippen molar-refractivity contribution >= 4 is 17.5 Å². The van der Waals surface area contributed by atoms with Crippen LogP contribution in [0.4, 0.5) is 0 Å². The second kappa shape index (κ2) is 7.39. The number of rotatable bonds is 4. The number of hydrogen-bond acceptors (Lipinski definition) is 3. The van der Waals surface area contributed by atoms with Crippen molar-refractivity contribution in [3.05, 3.63) is 47.0 Å². The normalized spacial score (nSPS) is 21.8. The molecule has 0 spiro atoms. The van der Waals surface area contributed by atoms with E-state index in [9.17, 15) is 4.79 Å². The molecule has 1 atom stereocenters. The summed E-state index contributed by atoms with van der Waals surface area (Å²) in [7, 11) is 0. The number of amides is 1. The van der Waals surface area contributed by atoms with Crippen LogP contribution in [0.25, 0.3) is 0 Å². The summed E-state index contributed by atoms with van der Waals surface area (Å²) in [5.74, 6) is 1.05. The number of fused-ring (bicyclic) bond motifs is 1. The van der Waals surface area contributed by atoms with E-state index in [4.69, 9.17) is 11.6 Å². The molecule has 2 heterocycles. The molecular formula is C20H25ClN4O. The molecule has 1 fully saturated rings. The maximum absolute atomic E-state index is 13.4. The Hall–Kier alpha value is -1.88. The van der Waals surface area contributed by atoms with Gasteiger partial charge in [-0.3, -0.25) is 4.79 Å². The number of aromatic nitrogens is 3. The number of carbonyl (C=O) groups is 1. The molecule has 2 aliphatic rings. The van der Waals surface area contributed by atoms with Crippen LogP contribution in [0, 0.1) is 5.41 Å². The van der Waals surface area contributed by atoms with Crippen LogP contribution in [0.1, 0.15) is 62.4 Å². The van der Waals surface area contributed by atoms with Crippen LogP contribution in [0.15, 0.2) is 30.6 Å². The summed E-state index contributed by atoms with van der Waals surface area (Å²) in [4.78, 5) is 17.8. The fourth-order valence-corrected chi connectivity index (χ4v) is 4.70. The van der Waals surface area contributed by atoms with Gasteiger partial charge in [-0.05, 0) is 49.8 Å². The lowest BCUT2D eigenvalue weighted by atomic mass is 9.69. The molecule has 1 amide bonds. The third-order valence-corrected chi connectivity index (χ3v) is 6.08. The first-order valence-corrected chi connectivity index (χ1v) is 9.97. The third kappa shape index (κ3) is 3.50. The topological polar surface area (TPSA) is 59.8 Å². The molecule has 1 unspecified atom stereocenters. The molecule has 1 N–H and O–H groups in total. The molecule has 5 nitrogen and oxygen atoms in total. The Morgan fingerprint density at radius 3 is 2.92 bits per heavy atom. The summed E-state index contributed by atoms with van der Waals surface area (Å²) in [6.45, 7) is 0.884. The Kier molecular flexibility index (Phi) is 4.98. The van der Waals surface area contributed by atoms with Gasteiger partial charge >= 0.3 is 0 Å². The Balaban J connectivity index is 1.56. The van der Waals surface area contributed by atoms with Gasteiger partial charge in [0.15, 0.2) is 0 Å². The maximum Gasteiger partial charge on any atom is 0.227 e. The SMILES string of the molecule is O=C(NC1CCCn2ncnc21)C1(Cc2cccc(Cl)c2)CCCCC1. The van der Waals surface area contributed by atoms with E-state index in [1.54, 1.807) is 6.33 Å². The van der Waals surface area contributed by atoms with Gasteiger partial charge in [-0.15, -0.1) is 0 Å². The van der Waals surface area contributed by atoms with Crippen LogP contribution in [0.5, 0.6) is 0 Å². The summed E-state index contributed by atoms with van der Waals surface area (Å²) in [5.41, 5.74) is 0.798. The highest BCUT2D eigenvalue weighted by atomic mass is 35.5. The zero-order valence-electron chi connectivity index (χ0n) is 15.0. The Labute approximate surface area is 159 Å². The van der Waals surface area contributed by atoms with Crippen molar-refractivity contribution in [3.63, 3.8) is 0 Å². The molecule has 0 radical (unpaired) electrons. The van der Waals surface area contributed by atoms with Gasteiger partial charge in [0.25, 0.3) is 0 Å². The number of benzene rings is 1. The van der Waals surface area contributed by atoms with Gasteiger partial charge < -0.3 is 5.32 Å². The van der Waals surface area contributed by atoms with Gasteiger partial charge in [-0.2, -0.15) is 5.10 Å². The zero-order valence-corrected chi connectivity index (χ0v) is 15.7. The fraction of sp³-hybridized carbons (Fsp3) is 0.550. The van der Waals surface area contributed by atoms with Crippen molar-refractivity contribution in [1.29, 1.82) is 0 Å². The lowest BCUT2D eigenvalue weighted by Crippen LogP contribution is -2.46. The molecule has 138 valence electrons. The second-order valence-electron chi connectivity index (χ2n) is 7.66. The Bertz CT molecular complexity index is 782. The summed E-state index contributed by atoms with van der Waals surface area (Å²) in [6, 6.07) is 7.88. The van der Waals surface area contributed by atoms with E-state index in [1.165, 1.54) is 6.42 Å². The minimum atomic E-state index is -0.342. The maximum atomic E-state index is 13.4. The van der Waals surface area contributed by atoms with Crippen LogP contribution in [-0.2, 0) is 17.8 Å². The second-order valence-corrected chi connectivity index (χ2v) is 8.09. The lowest BCUT2D eigenvalue weighted by Gasteiger charge is -2.37. The van der Waals surface area contributed by atoms with Crippen LogP contribution >= 0.6 is 11.6 Å². The lowest BCUT2D eigenvalue weighted by molar-refractivity contribution is -0.134. The average molecular weight is 373 g/mol. The van der Waals surface area contributed by atoms with Crippen molar-refractivity contribution in [1.82, 2.24) is 20.1 Å². The molecule has 1 aromatic heterocycles. The van der Waals surface area contributed by atoms with Crippen molar-refractivity contribution in [2.24, 2.45) is 5.41 Å². The largest absolute Gasteiger partial charge is 0.346 e. The third-order valence-electron chi connectivity index (χ3n) is 5.85. The Morgan fingerprint density at radius 1 is 1.27 bits per heavy atom. The van der Waals surface area contributed by atoms with E-state index in [0.29, 0.717) is 0 Å². The van der Waals surface area contributed by atoms with E-state index in [0.717, 1.165) is 67.9 Å². The molecule has 6 heteroatoms. The van der Waals surface area contributed by atoms with Crippen molar-refractivity contribution in [2.75, 3.05) is 0 Å². The van der Waals surface area contributed by atoms with E-state index in [2.05, 4.69) is 21.5 Å². The highest BCUT2D eigenvalue weighted by molar-refractivity contribution is 6.30. The smallest absolute Gasteiger partial charge is 0.227 e. The minimum Gasteiger partial charge on any atom is -0.346 e. The van der Waals surface area contributed by atoms with Gasteiger partial charge in [0.1, 0.15) is 12.2 Å². The monoisotopic (exact) mass is 372 g/mol. The molecule has 1 aromatic carbocycles. The first kappa shape index (κ1) is 17.5. The van der Waals surface area contributed by atoms with E-state index >= 15 is 0 Å². The zero-order chi connectivity index (χ0) is 18.0. The molecule has 2 aromatic rings. The van der Waals surface area contributed by atoms with Crippen LogP contribution in [0.2, 0.25) is 5.02 Å². The van der Waals surface area contributed by atoms with Gasteiger partial charge in [-0.25, -0.2) is 9.67 Å². The number of aryl methyl sites for hydroxylation is 1. The van der Waals surface area contributed by atoms with Crippen molar-refractivity contribution in [3.8, 4) is 0 Å². The van der Waals surface area contributed by atoms with E-state index in [-0.39, 0.29) is 17.4 Å². The van der Waals surface area contributed by atoms with Crippen molar-refractivity contribution in [2.45, 2.75) is 64.0 Å². The number of carbonyl (C=O) groups excluding carboxylic acids is 1. The van der Waals surface area contributed by atoms with Gasteiger partial charge in [0.2, 0.25) is 5.91 Å². The number of nitrogens with zero attached hydrogens (tertiary/aromatic N) is 3. The van der Waals surface area contributed by atoms with Gasteiger partial charge in [-0.1, -0.05) is 43.0 Å². The first-order valence-electron chi connectivity index (χ1n) is 9.59. The van der Waals surface area contributed by atoms with E-state index in [1.807, 2.05) is 22.9 Å². The molecule has 1 saturated carbocycles. The summed E-state index contributed by atoms with van der Waals surface area (Å²) in [5, 5.41) is 8.30. The molecular weight excluding hydrogens is 348 g/mol.